The molecule has 0 unspecified atom stereocenters. The molecule has 2 fully saturated rings. The Hall–Kier alpha value is -1.41. The van der Waals surface area contributed by atoms with Gasteiger partial charge in [-0.3, -0.25) is 9.89 Å². The van der Waals surface area contributed by atoms with E-state index in [1.807, 2.05) is 4.90 Å². The van der Waals surface area contributed by atoms with Crippen LogP contribution < -0.4 is 0 Å². The maximum absolute atomic E-state index is 13.1. The van der Waals surface area contributed by atoms with Crippen molar-refractivity contribution in [2.24, 2.45) is 17.8 Å². The average Bonchev–Trinajstić information content (AvgIpc) is 2.86. The third kappa shape index (κ3) is 4.27. The summed E-state index contributed by atoms with van der Waals surface area (Å²) in [5.41, 5.74) is 1.06. The van der Waals surface area contributed by atoms with E-state index in [0.29, 0.717) is 49.9 Å². The topological polar surface area (TPSA) is 86.4 Å². The lowest BCUT2D eigenvalue weighted by atomic mass is 9.76. The van der Waals surface area contributed by atoms with Crippen LogP contribution in [0, 0.1) is 31.6 Å². The molecule has 1 aliphatic carbocycles. The van der Waals surface area contributed by atoms with Crippen LogP contribution in [0.3, 0.4) is 0 Å². The van der Waals surface area contributed by atoms with E-state index >= 15 is 0 Å². The molecule has 1 saturated carbocycles. The van der Waals surface area contributed by atoms with Crippen LogP contribution in [0.5, 0.6) is 0 Å². The van der Waals surface area contributed by atoms with Gasteiger partial charge in [0.1, 0.15) is 4.90 Å². The van der Waals surface area contributed by atoms with Crippen molar-refractivity contribution in [1.82, 2.24) is 19.4 Å². The van der Waals surface area contributed by atoms with Crippen LogP contribution in [0.2, 0.25) is 0 Å². The number of aromatic nitrogens is 2. The van der Waals surface area contributed by atoms with Crippen LogP contribution in [0.1, 0.15) is 57.3 Å². The number of carbonyl (C=O) groups is 1. The molecule has 1 saturated heterocycles. The van der Waals surface area contributed by atoms with E-state index in [0.717, 1.165) is 31.6 Å². The summed E-state index contributed by atoms with van der Waals surface area (Å²) in [5.74, 6) is 1.74. The van der Waals surface area contributed by atoms with Crippen molar-refractivity contribution in [2.75, 3.05) is 26.2 Å². The molecule has 3 rings (SSSR count). The number of aryl methyl sites for hydroxylation is 2. The minimum atomic E-state index is -3.59. The van der Waals surface area contributed by atoms with Crippen molar-refractivity contribution in [1.29, 1.82) is 0 Å². The minimum absolute atomic E-state index is 0.108. The molecule has 7 nitrogen and oxygen atoms in total. The fourth-order valence-corrected chi connectivity index (χ4v) is 6.50. The highest BCUT2D eigenvalue weighted by Crippen LogP contribution is 2.34. The van der Waals surface area contributed by atoms with E-state index in [9.17, 15) is 13.2 Å². The number of hydrogen-bond acceptors (Lipinski definition) is 4. The molecular weight excluding hydrogens is 376 g/mol. The molecule has 1 amide bonds. The summed E-state index contributed by atoms with van der Waals surface area (Å²) in [5, 5.41) is 6.79. The summed E-state index contributed by atoms with van der Waals surface area (Å²) in [6.45, 7) is 9.86. The van der Waals surface area contributed by atoms with Gasteiger partial charge in [-0.1, -0.05) is 13.8 Å². The van der Waals surface area contributed by atoms with Crippen molar-refractivity contribution in [3.8, 4) is 0 Å². The first-order valence-electron chi connectivity index (χ1n) is 10.5. The second kappa shape index (κ2) is 8.53. The van der Waals surface area contributed by atoms with Gasteiger partial charge in [-0.2, -0.15) is 9.40 Å². The van der Waals surface area contributed by atoms with Gasteiger partial charge >= 0.3 is 0 Å². The van der Waals surface area contributed by atoms with Crippen LogP contribution in [-0.2, 0) is 14.8 Å². The number of rotatable bonds is 4. The standard InChI is InChI=1S/C20H34N4O3S/c1-14(2)17-6-8-18(9-7-17)20(25)23-10-5-11-24(13-12-23)28(26,27)19-15(3)21-22-16(19)4/h14,17-18H,5-13H2,1-4H3,(H,21,22). The monoisotopic (exact) mass is 410 g/mol. The van der Waals surface area contributed by atoms with Crippen molar-refractivity contribution < 1.29 is 13.2 Å². The smallest absolute Gasteiger partial charge is 0.246 e. The predicted octanol–water partition coefficient (Wildman–Crippen LogP) is 2.71. The number of hydrogen-bond donors (Lipinski definition) is 1. The van der Waals surface area contributed by atoms with Gasteiger partial charge in [0.2, 0.25) is 15.9 Å². The molecule has 8 heteroatoms. The quantitative estimate of drug-likeness (QED) is 0.827. The van der Waals surface area contributed by atoms with E-state index in [1.54, 1.807) is 13.8 Å². The van der Waals surface area contributed by atoms with Gasteiger partial charge < -0.3 is 4.90 Å². The molecule has 1 aromatic rings. The Labute approximate surface area is 168 Å². The average molecular weight is 411 g/mol. The Kier molecular flexibility index (Phi) is 6.49. The van der Waals surface area contributed by atoms with Crippen molar-refractivity contribution in [3.05, 3.63) is 11.4 Å². The molecule has 0 bridgehead atoms. The number of amides is 1. The van der Waals surface area contributed by atoms with Crippen molar-refractivity contribution >= 4 is 15.9 Å². The third-order valence-electron chi connectivity index (χ3n) is 6.49. The molecule has 1 N–H and O–H groups in total. The van der Waals surface area contributed by atoms with Gasteiger partial charge in [0, 0.05) is 32.1 Å². The molecule has 0 radical (unpaired) electrons. The fourth-order valence-electron chi connectivity index (χ4n) is 4.70. The number of aromatic amines is 1. The first-order valence-corrected chi connectivity index (χ1v) is 12.0. The highest BCUT2D eigenvalue weighted by molar-refractivity contribution is 7.89. The maximum atomic E-state index is 13.1. The molecule has 0 atom stereocenters. The Morgan fingerprint density at radius 3 is 2.32 bits per heavy atom. The molecule has 1 aliphatic heterocycles. The third-order valence-corrected chi connectivity index (χ3v) is 8.65. The van der Waals surface area contributed by atoms with Gasteiger partial charge in [0.05, 0.1) is 11.4 Å². The molecule has 2 heterocycles. The second-order valence-electron chi connectivity index (χ2n) is 8.70. The number of carbonyl (C=O) groups excluding carboxylic acids is 1. The second-order valence-corrected chi connectivity index (χ2v) is 10.6. The predicted molar refractivity (Wildman–Crippen MR) is 108 cm³/mol. The van der Waals surface area contributed by atoms with Gasteiger partial charge in [-0.05, 0) is 57.8 Å². The summed E-state index contributed by atoms with van der Waals surface area (Å²) in [7, 11) is -3.59. The Morgan fingerprint density at radius 2 is 1.75 bits per heavy atom. The zero-order valence-electron chi connectivity index (χ0n) is 17.6. The number of nitrogens with one attached hydrogen (secondary N) is 1. The van der Waals surface area contributed by atoms with E-state index in [1.165, 1.54) is 4.31 Å². The van der Waals surface area contributed by atoms with E-state index in [2.05, 4.69) is 24.0 Å². The number of H-pyrrole nitrogens is 1. The molecule has 28 heavy (non-hydrogen) atoms. The fraction of sp³-hybridized carbons (Fsp3) is 0.800. The van der Waals surface area contributed by atoms with Crippen LogP contribution in [0.4, 0.5) is 0 Å². The summed E-state index contributed by atoms with van der Waals surface area (Å²) in [6, 6.07) is 0. The summed E-state index contributed by atoms with van der Waals surface area (Å²) >= 11 is 0. The molecule has 158 valence electrons. The van der Waals surface area contributed by atoms with Crippen LogP contribution in [0.15, 0.2) is 4.90 Å². The Morgan fingerprint density at radius 1 is 1.07 bits per heavy atom. The first kappa shape index (κ1) is 21.3. The molecule has 1 aromatic heterocycles. The van der Waals surface area contributed by atoms with Crippen LogP contribution >= 0.6 is 0 Å². The van der Waals surface area contributed by atoms with Gasteiger partial charge in [0.25, 0.3) is 0 Å². The van der Waals surface area contributed by atoms with Gasteiger partial charge in [0.15, 0.2) is 0 Å². The van der Waals surface area contributed by atoms with Crippen molar-refractivity contribution in [2.45, 2.75) is 64.7 Å². The molecule has 2 aliphatic rings. The lowest BCUT2D eigenvalue weighted by Crippen LogP contribution is -2.41. The van der Waals surface area contributed by atoms with Crippen LogP contribution in [-0.4, -0.2) is 59.9 Å². The summed E-state index contributed by atoms with van der Waals surface area (Å²) < 4.78 is 27.7. The van der Waals surface area contributed by atoms with Gasteiger partial charge in [-0.25, -0.2) is 8.42 Å². The SMILES string of the molecule is Cc1n[nH]c(C)c1S(=O)(=O)N1CCCN(C(=O)C2CCC(C(C)C)CC2)CC1. The van der Waals surface area contributed by atoms with E-state index in [-0.39, 0.29) is 16.7 Å². The zero-order valence-corrected chi connectivity index (χ0v) is 18.4. The molecule has 0 aromatic carbocycles. The lowest BCUT2D eigenvalue weighted by molar-refractivity contribution is -0.136. The normalized spacial score (nSPS) is 25.1. The minimum Gasteiger partial charge on any atom is -0.341 e. The zero-order chi connectivity index (χ0) is 20.5. The van der Waals surface area contributed by atoms with E-state index in [4.69, 9.17) is 0 Å². The highest BCUT2D eigenvalue weighted by Gasteiger charge is 2.34. The van der Waals surface area contributed by atoms with Crippen LogP contribution in [0.25, 0.3) is 0 Å². The number of sulfonamides is 1. The largest absolute Gasteiger partial charge is 0.341 e. The first-order chi connectivity index (χ1) is 13.2. The Balaban J connectivity index is 1.63. The molecular formula is C20H34N4O3S. The molecule has 0 spiro atoms. The van der Waals surface area contributed by atoms with E-state index < -0.39 is 10.0 Å². The Bertz CT molecular complexity index is 775. The summed E-state index contributed by atoms with van der Waals surface area (Å²) in [6.07, 6.45) is 4.85. The number of nitrogens with zero attached hydrogens (tertiary/aromatic N) is 3. The highest BCUT2D eigenvalue weighted by atomic mass is 32.2. The maximum Gasteiger partial charge on any atom is 0.246 e. The lowest BCUT2D eigenvalue weighted by Gasteiger charge is -2.33. The summed E-state index contributed by atoms with van der Waals surface area (Å²) in [4.78, 5) is 15.2. The van der Waals surface area contributed by atoms with Crippen molar-refractivity contribution in [3.63, 3.8) is 0 Å². The van der Waals surface area contributed by atoms with Gasteiger partial charge in [-0.15, -0.1) is 0 Å².